The minimum atomic E-state index is 0.0501. The van der Waals surface area contributed by atoms with E-state index < -0.39 is 0 Å². The third kappa shape index (κ3) is 6.74. The van der Waals surface area contributed by atoms with E-state index in [0.717, 1.165) is 42.6 Å². The Morgan fingerprint density at radius 3 is 2.69 bits per heavy atom. The summed E-state index contributed by atoms with van der Waals surface area (Å²) in [6.07, 6.45) is 2.26. The van der Waals surface area contributed by atoms with Crippen molar-refractivity contribution in [2.45, 2.75) is 45.1 Å². The van der Waals surface area contributed by atoms with Gasteiger partial charge in [-0.25, -0.2) is 0 Å². The van der Waals surface area contributed by atoms with E-state index in [2.05, 4.69) is 46.8 Å². The summed E-state index contributed by atoms with van der Waals surface area (Å²) in [6.45, 7) is 4.98. The zero-order valence-corrected chi connectivity index (χ0v) is 17.9. The molecule has 2 aromatic carbocycles. The lowest BCUT2D eigenvalue weighted by atomic mass is 10.1. The van der Waals surface area contributed by atoms with Gasteiger partial charge in [-0.3, -0.25) is 4.99 Å². The molecule has 1 aliphatic rings. The van der Waals surface area contributed by atoms with Crippen molar-refractivity contribution in [2.75, 3.05) is 20.3 Å². The topological polar surface area (TPSA) is 54.9 Å². The number of guanidine groups is 1. The van der Waals surface area contributed by atoms with Crippen LogP contribution in [0.4, 0.5) is 0 Å². The van der Waals surface area contributed by atoms with Crippen LogP contribution in [0.3, 0.4) is 0 Å². The van der Waals surface area contributed by atoms with Gasteiger partial charge in [0.25, 0.3) is 0 Å². The molecule has 2 N–H and O–H groups in total. The smallest absolute Gasteiger partial charge is 0.191 e. The summed E-state index contributed by atoms with van der Waals surface area (Å²) in [7, 11) is 1.77. The minimum Gasteiger partial charge on any atom is -0.381 e. The fourth-order valence-electron chi connectivity index (χ4n) is 3.38. The van der Waals surface area contributed by atoms with E-state index in [9.17, 15) is 0 Å². The normalized spacial score (nSPS) is 16.4. The molecule has 5 nitrogen and oxygen atoms in total. The van der Waals surface area contributed by atoms with Gasteiger partial charge in [0.1, 0.15) is 0 Å². The fourth-order valence-corrected chi connectivity index (χ4v) is 3.68. The van der Waals surface area contributed by atoms with E-state index in [0.29, 0.717) is 19.3 Å². The number of ether oxygens (including phenoxy) is 2. The molecule has 3 rings (SSSR count). The maximum atomic E-state index is 6.30. The first kappa shape index (κ1) is 21.6. The Bertz CT molecular complexity index is 806. The third-order valence-corrected chi connectivity index (χ3v) is 5.40. The van der Waals surface area contributed by atoms with E-state index in [1.54, 1.807) is 7.05 Å². The summed E-state index contributed by atoms with van der Waals surface area (Å²) in [4.78, 5) is 4.33. The molecule has 0 aliphatic carbocycles. The van der Waals surface area contributed by atoms with Crippen LogP contribution in [-0.4, -0.2) is 32.3 Å². The number of nitrogens with one attached hydrogen (secondary N) is 2. The molecule has 0 aromatic heterocycles. The van der Waals surface area contributed by atoms with Crippen LogP contribution in [0, 0.1) is 0 Å². The molecule has 0 amide bonds. The van der Waals surface area contributed by atoms with Crippen LogP contribution in [0.15, 0.2) is 53.5 Å². The van der Waals surface area contributed by atoms with Gasteiger partial charge in [-0.05, 0) is 42.5 Å². The molecular formula is C23H30ClN3O2. The van der Waals surface area contributed by atoms with Gasteiger partial charge in [0.2, 0.25) is 0 Å². The highest BCUT2D eigenvalue weighted by Crippen LogP contribution is 2.22. The summed E-state index contributed by atoms with van der Waals surface area (Å²) in [5, 5.41) is 7.52. The summed E-state index contributed by atoms with van der Waals surface area (Å²) < 4.78 is 11.4. The predicted molar refractivity (Wildman–Crippen MR) is 118 cm³/mol. The van der Waals surface area contributed by atoms with Crippen molar-refractivity contribution in [3.05, 3.63) is 70.2 Å². The molecule has 1 heterocycles. The zero-order chi connectivity index (χ0) is 20.5. The lowest BCUT2D eigenvalue weighted by molar-refractivity contribution is -0.0390. The Morgan fingerprint density at radius 2 is 1.93 bits per heavy atom. The molecule has 29 heavy (non-hydrogen) atoms. The Morgan fingerprint density at radius 1 is 1.17 bits per heavy atom. The maximum Gasteiger partial charge on any atom is 0.191 e. The van der Waals surface area contributed by atoms with Gasteiger partial charge in [-0.2, -0.15) is 0 Å². The molecular weight excluding hydrogens is 386 g/mol. The maximum absolute atomic E-state index is 6.30. The molecule has 2 aromatic rings. The van der Waals surface area contributed by atoms with Crippen molar-refractivity contribution in [1.29, 1.82) is 0 Å². The van der Waals surface area contributed by atoms with Crippen LogP contribution >= 0.6 is 11.6 Å². The van der Waals surface area contributed by atoms with E-state index >= 15 is 0 Å². The van der Waals surface area contributed by atoms with E-state index in [1.807, 2.05) is 24.3 Å². The van der Waals surface area contributed by atoms with Crippen molar-refractivity contribution >= 4 is 17.6 Å². The molecule has 1 fully saturated rings. The van der Waals surface area contributed by atoms with Crippen molar-refractivity contribution in [3.8, 4) is 0 Å². The van der Waals surface area contributed by atoms with Crippen LogP contribution in [0.1, 0.15) is 42.5 Å². The molecule has 6 heteroatoms. The van der Waals surface area contributed by atoms with Crippen molar-refractivity contribution in [1.82, 2.24) is 10.6 Å². The van der Waals surface area contributed by atoms with E-state index in [4.69, 9.17) is 21.1 Å². The SMILES string of the molecule is CN=C(NCc1cccc(COC2CCOCC2)c1)NC(C)c1ccccc1Cl. The van der Waals surface area contributed by atoms with Gasteiger partial charge < -0.3 is 20.1 Å². The average molecular weight is 416 g/mol. The van der Waals surface area contributed by atoms with Gasteiger partial charge in [-0.15, -0.1) is 0 Å². The van der Waals surface area contributed by atoms with Gasteiger partial charge >= 0.3 is 0 Å². The number of aliphatic imine (C=N–C) groups is 1. The van der Waals surface area contributed by atoms with Gasteiger partial charge in [-0.1, -0.05) is 54.1 Å². The van der Waals surface area contributed by atoms with Crippen molar-refractivity contribution in [2.24, 2.45) is 4.99 Å². The first-order valence-corrected chi connectivity index (χ1v) is 10.5. The monoisotopic (exact) mass is 415 g/mol. The number of nitrogens with zero attached hydrogens (tertiary/aromatic N) is 1. The van der Waals surface area contributed by atoms with Crippen LogP contribution in [-0.2, 0) is 22.6 Å². The summed E-state index contributed by atoms with van der Waals surface area (Å²) in [5.41, 5.74) is 3.42. The Balaban J connectivity index is 1.50. The number of benzene rings is 2. The quantitative estimate of drug-likeness (QED) is 0.517. The average Bonchev–Trinajstić information content (AvgIpc) is 2.76. The predicted octanol–water partition coefficient (Wildman–Crippen LogP) is 4.46. The standard InChI is InChI=1S/C23H30ClN3O2/c1-17(21-8-3-4-9-22(21)24)27-23(25-2)26-15-18-6-5-7-19(14-18)16-29-20-10-12-28-13-11-20/h3-9,14,17,20H,10-13,15-16H2,1-2H3,(H2,25,26,27). The van der Waals surface area contributed by atoms with Crippen LogP contribution < -0.4 is 10.6 Å². The highest BCUT2D eigenvalue weighted by molar-refractivity contribution is 6.31. The zero-order valence-electron chi connectivity index (χ0n) is 17.2. The molecule has 1 atom stereocenters. The summed E-state index contributed by atoms with van der Waals surface area (Å²) in [6, 6.07) is 16.4. The van der Waals surface area contributed by atoms with Gasteiger partial charge in [0.15, 0.2) is 5.96 Å². The largest absolute Gasteiger partial charge is 0.381 e. The lowest BCUT2D eigenvalue weighted by Crippen LogP contribution is -2.38. The second-order valence-electron chi connectivity index (χ2n) is 7.26. The Kier molecular flexibility index (Phi) is 8.35. The molecule has 0 saturated carbocycles. The van der Waals surface area contributed by atoms with Gasteiger partial charge in [0.05, 0.1) is 18.8 Å². The first-order chi connectivity index (χ1) is 14.2. The van der Waals surface area contributed by atoms with E-state index in [-0.39, 0.29) is 6.04 Å². The van der Waals surface area contributed by atoms with Gasteiger partial charge in [0, 0.05) is 31.8 Å². The van der Waals surface area contributed by atoms with Crippen LogP contribution in [0.25, 0.3) is 0 Å². The highest BCUT2D eigenvalue weighted by atomic mass is 35.5. The Labute approximate surface area is 178 Å². The second kappa shape index (κ2) is 11.2. The molecule has 0 bridgehead atoms. The molecule has 156 valence electrons. The third-order valence-electron chi connectivity index (χ3n) is 5.05. The van der Waals surface area contributed by atoms with Crippen LogP contribution in [0.5, 0.6) is 0 Å². The lowest BCUT2D eigenvalue weighted by Gasteiger charge is -2.22. The number of hydrogen-bond acceptors (Lipinski definition) is 3. The molecule has 0 spiro atoms. The van der Waals surface area contributed by atoms with Crippen molar-refractivity contribution in [3.63, 3.8) is 0 Å². The Hall–Kier alpha value is -2.08. The summed E-state index contributed by atoms with van der Waals surface area (Å²) >= 11 is 6.30. The number of rotatable bonds is 7. The molecule has 1 unspecified atom stereocenters. The first-order valence-electron chi connectivity index (χ1n) is 10.1. The second-order valence-corrected chi connectivity index (χ2v) is 7.66. The number of halogens is 1. The van der Waals surface area contributed by atoms with E-state index in [1.165, 1.54) is 11.1 Å². The fraction of sp³-hybridized carbons (Fsp3) is 0.435. The highest BCUT2D eigenvalue weighted by Gasteiger charge is 2.14. The summed E-state index contributed by atoms with van der Waals surface area (Å²) in [5.74, 6) is 0.737. The van der Waals surface area contributed by atoms with Crippen molar-refractivity contribution < 1.29 is 9.47 Å². The number of hydrogen-bond donors (Lipinski definition) is 2. The molecule has 0 radical (unpaired) electrons. The molecule has 1 aliphatic heterocycles. The molecule has 1 saturated heterocycles. The van der Waals surface area contributed by atoms with Crippen LogP contribution in [0.2, 0.25) is 5.02 Å². The minimum absolute atomic E-state index is 0.0501.